The normalized spacial score (nSPS) is 19.1. The van der Waals surface area contributed by atoms with Crippen molar-refractivity contribution in [2.75, 3.05) is 13.6 Å². The Morgan fingerprint density at radius 3 is 2.32 bits per heavy atom. The van der Waals surface area contributed by atoms with E-state index < -0.39 is 10.0 Å². The van der Waals surface area contributed by atoms with Crippen molar-refractivity contribution < 1.29 is 8.42 Å². The van der Waals surface area contributed by atoms with Gasteiger partial charge in [-0.05, 0) is 49.9 Å². The van der Waals surface area contributed by atoms with Gasteiger partial charge in [-0.25, -0.2) is 13.1 Å². The van der Waals surface area contributed by atoms with Gasteiger partial charge in [0.15, 0.2) is 0 Å². The Labute approximate surface area is 115 Å². The molecule has 106 valence electrons. The van der Waals surface area contributed by atoms with Crippen molar-refractivity contribution in [3.8, 4) is 0 Å². The van der Waals surface area contributed by atoms with Crippen LogP contribution < -0.4 is 10.0 Å². The topological polar surface area (TPSA) is 58.2 Å². The zero-order chi connectivity index (χ0) is 14.1. The fraction of sp³-hybridized carbons (Fsp3) is 0.571. The van der Waals surface area contributed by atoms with Gasteiger partial charge in [0.25, 0.3) is 0 Å². The summed E-state index contributed by atoms with van der Waals surface area (Å²) in [5.41, 5.74) is 1.25. The average molecular weight is 282 g/mol. The van der Waals surface area contributed by atoms with E-state index in [0.717, 1.165) is 18.4 Å². The third-order valence-electron chi connectivity index (χ3n) is 3.92. The first kappa shape index (κ1) is 14.5. The van der Waals surface area contributed by atoms with Gasteiger partial charge in [-0.1, -0.05) is 19.1 Å². The van der Waals surface area contributed by atoms with Crippen LogP contribution in [0.3, 0.4) is 0 Å². The summed E-state index contributed by atoms with van der Waals surface area (Å²) in [7, 11) is -1.49. The number of hydrogen-bond donors (Lipinski definition) is 2. The van der Waals surface area contributed by atoms with Crippen LogP contribution in [-0.4, -0.2) is 22.0 Å². The molecule has 4 nitrogen and oxygen atoms in total. The lowest BCUT2D eigenvalue weighted by Gasteiger charge is -2.13. The van der Waals surface area contributed by atoms with Gasteiger partial charge in [0.2, 0.25) is 10.0 Å². The Kier molecular flexibility index (Phi) is 3.99. The second-order valence-electron chi connectivity index (χ2n) is 5.71. The lowest BCUT2D eigenvalue weighted by molar-refractivity contribution is 0.530. The highest BCUT2D eigenvalue weighted by Gasteiger charge is 2.38. The molecular weight excluding hydrogens is 260 g/mol. The summed E-state index contributed by atoms with van der Waals surface area (Å²) in [6.45, 7) is 4.67. The predicted molar refractivity (Wildman–Crippen MR) is 76.4 cm³/mol. The Morgan fingerprint density at radius 1 is 1.26 bits per heavy atom. The predicted octanol–water partition coefficient (Wildman–Crippen LogP) is 2.05. The molecular formula is C14H22N2O2S. The molecule has 5 heteroatoms. The van der Waals surface area contributed by atoms with Crippen molar-refractivity contribution in [1.29, 1.82) is 0 Å². The van der Waals surface area contributed by atoms with Gasteiger partial charge in [-0.2, -0.15) is 0 Å². The lowest BCUT2D eigenvalue weighted by atomic mass is 10.1. The first-order valence-corrected chi connectivity index (χ1v) is 8.12. The van der Waals surface area contributed by atoms with E-state index in [1.54, 1.807) is 12.1 Å². The van der Waals surface area contributed by atoms with Gasteiger partial charge in [0.1, 0.15) is 0 Å². The minimum atomic E-state index is -3.37. The van der Waals surface area contributed by atoms with Crippen LogP contribution in [0.2, 0.25) is 0 Å². The van der Waals surface area contributed by atoms with Crippen LogP contribution in [0.4, 0.5) is 0 Å². The Balaban J connectivity index is 2.07. The van der Waals surface area contributed by atoms with Gasteiger partial charge < -0.3 is 5.32 Å². The smallest absolute Gasteiger partial charge is 0.240 e. The van der Waals surface area contributed by atoms with E-state index in [-0.39, 0.29) is 11.5 Å². The molecule has 1 unspecified atom stereocenters. The average Bonchev–Trinajstić information content (AvgIpc) is 3.14. The molecule has 1 aromatic rings. The molecule has 1 aliphatic rings. The van der Waals surface area contributed by atoms with Gasteiger partial charge in [0, 0.05) is 12.6 Å². The van der Waals surface area contributed by atoms with Crippen molar-refractivity contribution >= 4 is 10.0 Å². The molecule has 0 spiro atoms. The minimum absolute atomic E-state index is 0.174. The maximum Gasteiger partial charge on any atom is 0.240 e. The largest absolute Gasteiger partial charge is 0.313 e. The van der Waals surface area contributed by atoms with Crippen molar-refractivity contribution in [1.82, 2.24) is 10.0 Å². The van der Waals surface area contributed by atoms with Gasteiger partial charge >= 0.3 is 0 Å². The Bertz CT molecular complexity index is 533. The van der Waals surface area contributed by atoms with E-state index in [1.807, 2.05) is 26.1 Å². The molecule has 0 heterocycles. The fourth-order valence-electron chi connectivity index (χ4n) is 1.85. The number of nitrogens with one attached hydrogen (secondary N) is 2. The van der Waals surface area contributed by atoms with Gasteiger partial charge in [-0.3, -0.25) is 0 Å². The third kappa shape index (κ3) is 3.55. The summed E-state index contributed by atoms with van der Waals surface area (Å²) in [4.78, 5) is 0.337. The summed E-state index contributed by atoms with van der Waals surface area (Å²) in [5.74, 6) is 0. The molecule has 0 saturated heterocycles. The summed E-state index contributed by atoms with van der Waals surface area (Å²) in [5, 5.41) is 3.13. The lowest BCUT2D eigenvalue weighted by Crippen LogP contribution is -2.29. The highest BCUT2D eigenvalue weighted by molar-refractivity contribution is 7.89. The quantitative estimate of drug-likeness (QED) is 0.839. The van der Waals surface area contributed by atoms with Crippen LogP contribution >= 0.6 is 0 Å². The summed E-state index contributed by atoms with van der Waals surface area (Å²) < 4.78 is 27.0. The second-order valence-corrected chi connectivity index (χ2v) is 7.48. The second kappa shape index (κ2) is 5.23. The van der Waals surface area contributed by atoms with Crippen LogP contribution in [-0.2, 0) is 10.0 Å². The number of sulfonamides is 1. The molecule has 1 aliphatic carbocycles. The van der Waals surface area contributed by atoms with Crippen molar-refractivity contribution in [2.24, 2.45) is 5.41 Å². The summed E-state index contributed by atoms with van der Waals surface area (Å²) in [6, 6.07) is 7.26. The van der Waals surface area contributed by atoms with Gasteiger partial charge in [0.05, 0.1) is 4.90 Å². The van der Waals surface area contributed by atoms with E-state index in [0.29, 0.717) is 11.4 Å². The monoisotopic (exact) mass is 282 g/mol. The molecule has 2 N–H and O–H groups in total. The molecule has 2 rings (SSSR count). The van der Waals surface area contributed by atoms with Crippen LogP contribution in [0.5, 0.6) is 0 Å². The van der Waals surface area contributed by atoms with Crippen LogP contribution in [0, 0.1) is 5.41 Å². The van der Waals surface area contributed by atoms with E-state index in [1.165, 1.54) is 0 Å². The van der Waals surface area contributed by atoms with Crippen molar-refractivity contribution in [2.45, 2.75) is 37.6 Å². The molecule has 0 amide bonds. The molecule has 0 radical (unpaired) electrons. The molecule has 0 bridgehead atoms. The van der Waals surface area contributed by atoms with E-state index in [2.05, 4.69) is 17.0 Å². The van der Waals surface area contributed by atoms with E-state index >= 15 is 0 Å². The van der Waals surface area contributed by atoms with Crippen molar-refractivity contribution in [3.63, 3.8) is 0 Å². The highest BCUT2D eigenvalue weighted by atomic mass is 32.2. The summed E-state index contributed by atoms with van der Waals surface area (Å²) >= 11 is 0. The maximum atomic E-state index is 12.1. The molecule has 0 aliphatic heterocycles. The molecule has 1 fully saturated rings. The van der Waals surface area contributed by atoms with Crippen molar-refractivity contribution in [3.05, 3.63) is 29.8 Å². The van der Waals surface area contributed by atoms with Crippen LogP contribution in [0.1, 0.15) is 38.3 Å². The Hall–Kier alpha value is -0.910. The standard InChI is InChI=1S/C14H22N2O2S/c1-11(15-3)12-4-6-13(7-5-12)19(17,18)16-10-14(2)8-9-14/h4-7,11,15-16H,8-10H2,1-3H3. The molecule has 0 aromatic heterocycles. The molecule has 1 saturated carbocycles. The zero-order valence-electron chi connectivity index (χ0n) is 11.7. The Morgan fingerprint density at radius 2 is 1.84 bits per heavy atom. The van der Waals surface area contributed by atoms with Gasteiger partial charge in [-0.15, -0.1) is 0 Å². The molecule has 1 atom stereocenters. The fourth-order valence-corrected chi connectivity index (χ4v) is 3.04. The van der Waals surface area contributed by atoms with Crippen LogP contribution in [0.15, 0.2) is 29.2 Å². The molecule has 1 aromatic carbocycles. The maximum absolute atomic E-state index is 12.1. The highest BCUT2D eigenvalue weighted by Crippen LogP contribution is 2.44. The van der Waals surface area contributed by atoms with Crippen LogP contribution in [0.25, 0.3) is 0 Å². The summed E-state index contributed by atoms with van der Waals surface area (Å²) in [6.07, 6.45) is 2.21. The first-order chi connectivity index (χ1) is 8.86. The number of hydrogen-bond acceptors (Lipinski definition) is 3. The number of rotatable bonds is 6. The molecule has 19 heavy (non-hydrogen) atoms. The zero-order valence-corrected chi connectivity index (χ0v) is 12.5. The first-order valence-electron chi connectivity index (χ1n) is 6.63. The van der Waals surface area contributed by atoms with E-state index in [9.17, 15) is 8.42 Å². The SMILES string of the molecule is CNC(C)c1ccc(S(=O)(=O)NCC2(C)CC2)cc1. The number of benzene rings is 1. The third-order valence-corrected chi connectivity index (χ3v) is 5.33. The minimum Gasteiger partial charge on any atom is -0.313 e. The van der Waals surface area contributed by atoms with E-state index in [4.69, 9.17) is 0 Å².